The molecule has 6 aromatic rings. The molecule has 226 valence electrons. The van der Waals surface area contributed by atoms with E-state index in [-0.39, 0.29) is 0 Å². The number of anilines is 1. The van der Waals surface area contributed by atoms with Gasteiger partial charge in [-0.25, -0.2) is 0 Å². The summed E-state index contributed by atoms with van der Waals surface area (Å²) in [5.74, 6) is 0. The average Bonchev–Trinajstić information content (AvgIpc) is 3.44. The van der Waals surface area contributed by atoms with Crippen molar-refractivity contribution in [3.05, 3.63) is 209 Å². The quantitative estimate of drug-likeness (QED) is 0.170. The normalized spacial score (nSPS) is 16.5. The van der Waals surface area contributed by atoms with E-state index in [1.165, 1.54) is 50.1 Å². The molecule has 3 nitrogen and oxygen atoms in total. The van der Waals surface area contributed by atoms with Gasteiger partial charge in [-0.1, -0.05) is 140 Å². The van der Waals surface area contributed by atoms with Crippen molar-refractivity contribution in [2.24, 2.45) is 4.99 Å². The molecule has 1 atom stereocenters. The number of hydrogen-bond acceptors (Lipinski definition) is 3. The van der Waals surface area contributed by atoms with Gasteiger partial charge in [0.15, 0.2) is 0 Å². The van der Waals surface area contributed by atoms with Crippen molar-refractivity contribution >= 4 is 11.9 Å². The van der Waals surface area contributed by atoms with E-state index in [1.54, 1.807) is 0 Å². The first-order valence-electron chi connectivity index (χ1n) is 16.2. The van der Waals surface area contributed by atoms with E-state index in [4.69, 9.17) is 0 Å². The lowest BCUT2D eigenvalue weighted by atomic mass is 9.66. The summed E-state index contributed by atoms with van der Waals surface area (Å²) in [7, 11) is 0. The molecule has 1 unspecified atom stereocenters. The summed E-state index contributed by atoms with van der Waals surface area (Å²) in [6.07, 6.45) is 6.18. The summed E-state index contributed by atoms with van der Waals surface area (Å²) in [4.78, 5) is 4.68. The Kier molecular flexibility index (Phi) is 7.56. The van der Waals surface area contributed by atoms with Crippen LogP contribution in [-0.2, 0) is 12.0 Å². The van der Waals surface area contributed by atoms with Crippen molar-refractivity contribution in [3.8, 4) is 22.3 Å². The van der Waals surface area contributed by atoms with Crippen molar-refractivity contribution < 1.29 is 0 Å². The lowest BCUT2D eigenvalue weighted by Gasteiger charge is -2.38. The second-order valence-electron chi connectivity index (χ2n) is 12.1. The zero-order valence-electron chi connectivity index (χ0n) is 26.1. The van der Waals surface area contributed by atoms with Crippen LogP contribution in [0.25, 0.3) is 22.3 Å². The maximum Gasteiger partial charge on any atom is 0.0713 e. The topological polar surface area (TPSA) is 36.4 Å². The molecule has 0 saturated heterocycles. The van der Waals surface area contributed by atoms with Gasteiger partial charge in [0.2, 0.25) is 0 Å². The Labute approximate surface area is 276 Å². The van der Waals surface area contributed by atoms with Crippen LogP contribution < -0.4 is 10.6 Å². The van der Waals surface area contributed by atoms with Gasteiger partial charge in [0.1, 0.15) is 0 Å². The molecule has 0 spiro atoms. The molecule has 0 aromatic heterocycles. The maximum atomic E-state index is 4.68. The minimum atomic E-state index is -0.496. The molecular formula is C44H35N3. The highest BCUT2D eigenvalue weighted by Gasteiger charge is 2.48. The number of fused-ring (bicyclic) bond motifs is 3. The fourth-order valence-electron chi connectivity index (χ4n) is 7.18. The number of benzene rings is 6. The Hall–Kier alpha value is -5.93. The van der Waals surface area contributed by atoms with Crippen LogP contribution >= 0.6 is 0 Å². The number of rotatable bonds is 8. The molecule has 0 saturated carbocycles. The van der Waals surface area contributed by atoms with E-state index < -0.39 is 5.41 Å². The molecule has 6 aromatic carbocycles. The highest BCUT2D eigenvalue weighted by molar-refractivity contribution is 5.89. The van der Waals surface area contributed by atoms with Crippen LogP contribution in [0.1, 0.15) is 27.8 Å². The van der Waals surface area contributed by atoms with Crippen LogP contribution in [0.3, 0.4) is 0 Å². The molecule has 47 heavy (non-hydrogen) atoms. The first-order valence-corrected chi connectivity index (χ1v) is 16.2. The number of hydrogen-bond donors (Lipinski definition) is 2. The largest absolute Gasteiger partial charge is 0.387 e. The molecular weight excluding hydrogens is 571 g/mol. The SMILES string of the molecule is C1=CC(Nc2ccccc2)=C(C2(c3ccccc3)c3ccccc3-c3ccc(-c4ccc(C/N=C/c5ccccc5)cc4)cc32)CN1. The molecule has 0 amide bonds. The van der Waals surface area contributed by atoms with E-state index >= 15 is 0 Å². The van der Waals surface area contributed by atoms with Gasteiger partial charge in [-0.2, -0.15) is 0 Å². The van der Waals surface area contributed by atoms with E-state index in [0.717, 1.165) is 23.5 Å². The second-order valence-corrected chi connectivity index (χ2v) is 12.1. The predicted molar refractivity (Wildman–Crippen MR) is 196 cm³/mol. The van der Waals surface area contributed by atoms with Crippen LogP contribution in [0.2, 0.25) is 0 Å². The Morgan fingerprint density at radius 2 is 1.30 bits per heavy atom. The number of allylic oxidation sites excluding steroid dienone is 1. The van der Waals surface area contributed by atoms with Gasteiger partial charge in [-0.3, -0.25) is 4.99 Å². The third-order valence-electron chi connectivity index (χ3n) is 9.33. The Morgan fingerprint density at radius 3 is 2.09 bits per heavy atom. The van der Waals surface area contributed by atoms with E-state index in [0.29, 0.717) is 6.54 Å². The second kappa shape index (κ2) is 12.5. The standard InChI is InChI=1S/C44H35N3/c1-4-12-32(13-5-1)29-46-30-33-20-22-34(23-21-33)35-24-25-39-38-18-10-11-19-40(38)44(41(39)28-35,36-14-6-2-7-15-36)42-31-45-27-26-43(42)47-37-16-8-3-9-17-37/h1-29,45,47H,30-31H2/b46-29+. The fraction of sp³-hybridized carbons (Fsp3) is 0.0682. The van der Waals surface area contributed by atoms with Crippen molar-refractivity contribution in [3.63, 3.8) is 0 Å². The summed E-state index contributed by atoms with van der Waals surface area (Å²) in [5, 5.41) is 7.36. The van der Waals surface area contributed by atoms with Gasteiger partial charge in [-0.05, 0) is 86.1 Å². The molecule has 2 N–H and O–H groups in total. The Balaban J connectivity index is 1.26. The molecule has 0 radical (unpaired) electrons. The van der Waals surface area contributed by atoms with Gasteiger partial charge in [0.25, 0.3) is 0 Å². The minimum absolute atomic E-state index is 0.496. The first kappa shape index (κ1) is 28.5. The molecule has 8 rings (SSSR count). The fourth-order valence-corrected chi connectivity index (χ4v) is 7.18. The number of para-hydroxylation sites is 1. The van der Waals surface area contributed by atoms with Gasteiger partial charge >= 0.3 is 0 Å². The van der Waals surface area contributed by atoms with Crippen molar-refractivity contribution in [1.82, 2.24) is 5.32 Å². The molecule has 1 aliphatic heterocycles. The zero-order chi connectivity index (χ0) is 31.5. The summed E-state index contributed by atoms with van der Waals surface area (Å²) in [5.41, 5.74) is 14.1. The van der Waals surface area contributed by atoms with Crippen LogP contribution in [0.5, 0.6) is 0 Å². The van der Waals surface area contributed by atoms with E-state index in [2.05, 4.69) is 167 Å². The average molecular weight is 606 g/mol. The molecule has 1 aliphatic carbocycles. The molecule has 3 heteroatoms. The highest BCUT2D eigenvalue weighted by atomic mass is 14.9. The predicted octanol–water partition coefficient (Wildman–Crippen LogP) is 9.77. The number of dihydropyridines is 1. The third-order valence-corrected chi connectivity index (χ3v) is 9.33. The summed E-state index contributed by atoms with van der Waals surface area (Å²) in [6, 6.07) is 56.5. The smallest absolute Gasteiger partial charge is 0.0713 e. The molecule has 2 aliphatic rings. The van der Waals surface area contributed by atoms with E-state index in [9.17, 15) is 0 Å². The first-order chi connectivity index (χ1) is 23.3. The van der Waals surface area contributed by atoms with Crippen molar-refractivity contribution in [1.29, 1.82) is 0 Å². The van der Waals surface area contributed by atoms with Crippen molar-refractivity contribution in [2.45, 2.75) is 12.0 Å². The van der Waals surface area contributed by atoms with Crippen LogP contribution in [0.4, 0.5) is 5.69 Å². The monoisotopic (exact) mass is 605 g/mol. The van der Waals surface area contributed by atoms with Crippen molar-refractivity contribution in [2.75, 3.05) is 11.9 Å². The highest BCUT2D eigenvalue weighted by Crippen LogP contribution is 2.57. The van der Waals surface area contributed by atoms with E-state index in [1.807, 2.05) is 24.4 Å². The van der Waals surface area contributed by atoms with Crippen LogP contribution in [-0.4, -0.2) is 12.8 Å². The zero-order valence-corrected chi connectivity index (χ0v) is 26.1. The lowest BCUT2D eigenvalue weighted by Crippen LogP contribution is -2.37. The van der Waals surface area contributed by atoms with Gasteiger partial charge in [0.05, 0.1) is 12.0 Å². The maximum absolute atomic E-state index is 4.68. The third kappa shape index (κ3) is 5.26. The number of aliphatic imine (C=N–C) groups is 1. The van der Waals surface area contributed by atoms with Gasteiger partial charge in [0, 0.05) is 24.1 Å². The summed E-state index contributed by atoms with van der Waals surface area (Å²) >= 11 is 0. The number of nitrogens with zero attached hydrogens (tertiary/aromatic N) is 1. The summed E-state index contributed by atoms with van der Waals surface area (Å²) in [6.45, 7) is 1.37. The van der Waals surface area contributed by atoms with Gasteiger partial charge < -0.3 is 10.6 Å². The molecule has 0 fully saturated rings. The Bertz CT molecular complexity index is 2110. The minimum Gasteiger partial charge on any atom is -0.387 e. The van der Waals surface area contributed by atoms with Crippen LogP contribution in [0.15, 0.2) is 186 Å². The molecule has 1 heterocycles. The van der Waals surface area contributed by atoms with Gasteiger partial charge in [-0.15, -0.1) is 0 Å². The summed E-state index contributed by atoms with van der Waals surface area (Å²) < 4.78 is 0. The molecule has 0 bridgehead atoms. The lowest BCUT2D eigenvalue weighted by molar-refractivity contribution is 0.687. The van der Waals surface area contributed by atoms with Crippen LogP contribution in [0, 0.1) is 0 Å². The number of nitrogens with one attached hydrogen (secondary N) is 2. The Morgan fingerprint density at radius 1 is 0.638 bits per heavy atom.